The number of nitrogens with one attached hydrogen (secondary N) is 1. The molecule has 0 radical (unpaired) electrons. The number of carbonyl (C=O) groups is 1. The van der Waals surface area contributed by atoms with Crippen LogP contribution in [-0.4, -0.2) is 33.6 Å². The highest BCUT2D eigenvalue weighted by molar-refractivity contribution is 7.09. The first-order chi connectivity index (χ1) is 14.8. The largest absolute Gasteiger partial charge is 0.355 e. The second kappa shape index (κ2) is 8.28. The van der Waals surface area contributed by atoms with Crippen LogP contribution in [0.2, 0.25) is 0 Å². The van der Waals surface area contributed by atoms with Crippen molar-refractivity contribution in [1.82, 2.24) is 19.9 Å². The lowest BCUT2D eigenvalue weighted by Gasteiger charge is -2.32. The Kier molecular flexibility index (Phi) is 5.19. The topological polar surface area (TPSA) is 62.5 Å². The molecule has 6 nitrogen and oxygen atoms in total. The van der Waals surface area contributed by atoms with Crippen molar-refractivity contribution in [3.05, 3.63) is 71.2 Å². The SMILES string of the molecule is O=C(NCc1cccs1)C1CCN(c2nccn3nc(-c4ccccc4)cc23)CC1. The summed E-state index contributed by atoms with van der Waals surface area (Å²) in [4.78, 5) is 20.7. The molecule has 0 atom stereocenters. The lowest BCUT2D eigenvalue weighted by atomic mass is 9.96. The Bertz CT molecular complexity index is 1130. The first-order valence-corrected chi connectivity index (χ1v) is 11.1. The minimum Gasteiger partial charge on any atom is -0.355 e. The molecule has 1 fully saturated rings. The zero-order valence-corrected chi connectivity index (χ0v) is 17.4. The van der Waals surface area contributed by atoms with Crippen molar-refractivity contribution < 1.29 is 4.79 Å². The lowest BCUT2D eigenvalue weighted by Crippen LogP contribution is -2.40. The van der Waals surface area contributed by atoms with Crippen LogP contribution < -0.4 is 10.2 Å². The predicted octanol–water partition coefficient (Wildman–Crippen LogP) is 3.99. The molecule has 0 unspecified atom stereocenters. The average molecular weight is 418 g/mol. The van der Waals surface area contributed by atoms with E-state index in [0.29, 0.717) is 6.54 Å². The zero-order chi connectivity index (χ0) is 20.3. The summed E-state index contributed by atoms with van der Waals surface area (Å²) in [6, 6.07) is 16.3. The summed E-state index contributed by atoms with van der Waals surface area (Å²) in [6.07, 6.45) is 5.34. The third-order valence-electron chi connectivity index (χ3n) is 5.62. The first kappa shape index (κ1) is 18.8. The number of thiophene rings is 1. The lowest BCUT2D eigenvalue weighted by molar-refractivity contribution is -0.125. The van der Waals surface area contributed by atoms with E-state index in [1.165, 1.54) is 4.88 Å². The van der Waals surface area contributed by atoms with Crippen LogP contribution in [0.15, 0.2) is 66.3 Å². The van der Waals surface area contributed by atoms with Crippen LogP contribution in [0.3, 0.4) is 0 Å². The van der Waals surface area contributed by atoms with Crippen molar-refractivity contribution in [3.63, 3.8) is 0 Å². The van der Waals surface area contributed by atoms with E-state index in [1.807, 2.05) is 40.4 Å². The van der Waals surface area contributed by atoms with Crippen LogP contribution in [0.5, 0.6) is 0 Å². The smallest absolute Gasteiger partial charge is 0.223 e. The zero-order valence-electron chi connectivity index (χ0n) is 16.6. The molecule has 152 valence electrons. The standard InChI is InChI=1S/C23H23N5OS/c29-23(25-16-19-7-4-14-30-19)18-8-11-27(12-9-18)22-21-15-20(17-5-2-1-3-6-17)26-28(21)13-10-24-22/h1-7,10,13-15,18H,8-9,11-12,16H2,(H,25,29). The number of rotatable bonds is 5. The monoisotopic (exact) mass is 417 g/mol. The van der Waals surface area contributed by atoms with E-state index < -0.39 is 0 Å². The minimum absolute atomic E-state index is 0.0609. The summed E-state index contributed by atoms with van der Waals surface area (Å²) in [5.41, 5.74) is 3.03. The Morgan fingerprint density at radius 2 is 1.97 bits per heavy atom. The molecule has 0 saturated carbocycles. The third kappa shape index (κ3) is 3.80. The van der Waals surface area contributed by atoms with Gasteiger partial charge in [-0.3, -0.25) is 4.79 Å². The molecule has 5 rings (SSSR count). The van der Waals surface area contributed by atoms with Gasteiger partial charge in [-0.1, -0.05) is 36.4 Å². The van der Waals surface area contributed by atoms with Gasteiger partial charge < -0.3 is 10.2 Å². The second-order valence-corrected chi connectivity index (χ2v) is 8.57. The fourth-order valence-electron chi connectivity index (χ4n) is 3.99. The molecule has 7 heteroatoms. The number of fused-ring (bicyclic) bond motifs is 1. The summed E-state index contributed by atoms with van der Waals surface area (Å²) in [5, 5.41) is 9.84. The first-order valence-electron chi connectivity index (χ1n) is 10.2. The van der Waals surface area contributed by atoms with Gasteiger partial charge in [-0.15, -0.1) is 11.3 Å². The molecule has 1 aromatic carbocycles. The highest BCUT2D eigenvalue weighted by atomic mass is 32.1. The minimum atomic E-state index is 0.0609. The Hall–Kier alpha value is -3.19. The molecule has 1 N–H and O–H groups in total. The van der Waals surface area contributed by atoms with Crippen molar-refractivity contribution in [2.75, 3.05) is 18.0 Å². The quantitative estimate of drug-likeness (QED) is 0.533. The Morgan fingerprint density at radius 1 is 1.13 bits per heavy atom. The highest BCUT2D eigenvalue weighted by Crippen LogP contribution is 2.28. The summed E-state index contributed by atoms with van der Waals surface area (Å²) < 4.78 is 1.89. The van der Waals surface area contributed by atoms with E-state index in [4.69, 9.17) is 5.10 Å². The van der Waals surface area contributed by atoms with Gasteiger partial charge in [0.05, 0.1) is 12.2 Å². The van der Waals surface area contributed by atoms with Gasteiger partial charge in [0.1, 0.15) is 5.52 Å². The van der Waals surface area contributed by atoms with Crippen molar-refractivity contribution in [2.45, 2.75) is 19.4 Å². The van der Waals surface area contributed by atoms with E-state index >= 15 is 0 Å². The van der Waals surface area contributed by atoms with Crippen LogP contribution >= 0.6 is 11.3 Å². The van der Waals surface area contributed by atoms with Gasteiger partial charge in [-0.05, 0) is 30.4 Å². The van der Waals surface area contributed by atoms with E-state index in [-0.39, 0.29) is 11.8 Å². The number of piperidine rings is 1. The number of amides is 1. The summed E-state index contributed by atoms with van der Waals surface area (Å²) in [6.45, 7) is 2.25. The molecule has 1 saturated heterocycles. The summed E-state index contributed by atoms with van der Waals surface area (Å²) in [7, 11) is 0. The maximum Gasteiger partial charge on any atom is 0.223 e. The van der Waals surface area contributed by atoms with Gasteiger partial charge in [-0.25, -0.2) is 9.50 Å². The fourth-order valence-corrected chi connectivity index (χ4v) is 4.63. The van der Waals surface area contributed by atoms with Crippen LogP contribution in [0.4, 0.5) is 5.82 Å². The van der Waals surface area contributed by atoms with Crippen LogP contribution in [-0.2, 0) is 11.3 Å². The van der Waals surface area contributed by atoms with Gasteiger partial charge in [0.15, 0.2) is 5.82 Å². The Balaban J connectivity index is 1.28. The summed E-state index contributed by atoms with van der Waals surface area (Å²) in [5.74, 6) is 1.15. The molecule has 1 aliphatic heterocycles. The molecule has 4 aromatic rings. The average Bonchev–Trinajstić information content (AvgIpc) is 3.48. The highest BCUT2D eigenvalue weighted by Gasteiger charge is 2.26. The van der Waals surface area contributed by atoms with Crippen molar-refractivity contribution in [2.24, 2.45) is 5.92 Å². The third-order valence-corrected chi connectivity index (χ3v) is 6.50. The number of hydrogen-bond acceptors (Lipinski definition) is 5. The van der Waals surface area contributed by atoms with E-state index in [0.717, 1.165) is 48.5 Å². The van der Waals surface area contributed by atoms with Gasteiger partial charge in [0.25, 0.3) is 0 Å². The molecule has 0 bridgehead atoms. The Labute approximate surface area is 179 Å². The van der Waals surface area contributed by atoms with E-state index in [9.17, 15) is 4.79 Å². The fraction of sp³-hybridized carbons (Fsp3) is 0.261. The molecule has 0 aliphatic carbocycles. The number of carbonyl (C=O) groups excluding carboxylic acids is 1. The van der Waals surface area contributed by atoms with Crippen LogP contribution in [0.1, 0.15) is 17.7 Å². The summed E-state index contributed by atoms with van der Waals surface area (Å²) >= 11 is 1.67. The van der Waals surface area contributed by atoms with Gasteiger partial charge in [0.2, 0.25) is 5.91 Å². The predicted molar refractivity (Wildman–Crippen MR) is 120 cm³/mol. The molecule has 0 spiro atoms. The van der Waals surface area contributed by atoms with Gasteiger partial charge in [0, 0.05) is 41.8 Å². The van der Waals surface area contributed by atoms with Gasteiger partial charge >= 0.3 is 0 Å². The van der Waals surface area contributed by atoms with Crippen LogP contribution in [0, 0.1) is 5.92 Å². The molecule has 3 aromatic heterocycles. The van der Waals surface area contributed by atoms with E-state index in [2.05, 4.69) is 39.5 Å². The Morgan fingerprint density at radius 3 is 2.73 bits per heavy atom. The molecule has 1 amide bonds. The van der Waals surface area contributed by atoms with Crippen molar-refractivity contribution in [1.29, 1.82) is 0 Å². The number of aromatic nitrogens is 3. The number of benzene rings is 1. The molecular formula is C23H23N5OS. The maximum atomic E-state index is 12.6. The number of hydrogen-bond donors (Lipinski definition) is 1. The van der Waals surface area contributed by atoms with Crippen molar-refractivity contribution in [3.8, 4) is 11.3 Å². The van der Waals surface area contributed by atoms with Crippen LogP contribution in [0.25, 0.3) is 16.8 Å². The molecular weight excluding hydrogens is 394 g/mol. The molecule has 4 heterocycles. The number of anilines is 1. The van der Waals surface area contributed by atoms with Gasteiger partial charge in [-0.2, -0.15) is 5.10 Å². The number of nitrogens with zero attached hydrogens (tertiary/aromatic N) is 4. The molecule has 1 aliphatic rings. The molecule has 30 heavy (non-hydrogen) atoms. The van der Waals surface area contributed by atoms with E-state index in [1.54, 1.807) is 17.5 Å². The van der Waals surface area contributed by atoms with Crippen molar-refractivity contribution >= 4 is 28.6 Å². The maximum absolute atomic E-state index is 12.6. The second-order valence-electron chi connectivity index (χ2n) is 7.53. The normalized spacial score (nSPS) is 14.9.